The first-order valence-electron chi connectivity index (χ1n) is 9.76. The van der Waals surface area contributed by atoms with Gasteiger partial charge in [-0.1, -0.05) is 32.9 Å². The molecule has 1 aromatic rings. The molecule has 0 unspecified atom stereocenters. The fourth-order valence-corrected chi connectivity index (χ4v) is 3.14. The van der Waals surface area contributed by atoms with E-state index in [4.69, 9.17) is 9.47 Å². The molecule has 0 spiro atoms. The maximum absolute atomic E-state index is 11.7. The number of aryl methyl sites for hydroxylation is 1. The van der Waals surface area contributed by atoms with Crippen LogP contribution >= 0.6 is 0 Å². The average Bonchev–Trinajstić information content (AvgIpc) is 2.60. The zero-order chi connectivity index (χ0) is 20.0. The van der Waals surface area contributed by atoms with E-state index in [1.807, 2.05) is 19.9 Å². The highest BCUT2D eigenvalue weighted by Gasteiger charge is 2.23. The number of ether oxygens (including phenoxy) is 2. The van der Waals surface area contributed by atoms with E-state index in [0.29, 0.717) is 26.2 Å². The van der Waals surface area contributed by atoms with Crippen LogP contribution in [0.1, 0.15) is 38.8 Å². The lowest BCUT2D eigenvalue weighted by molar-refractivity contribution is 0.0406. The van der Waals surface area contributed by atoms with Crippen molar-refractivity contribution in [3.63, 3.8) is 0 Å². The summed E-state index contributed by atoms with van der Waals surface area (Å²) in [6.45, 7) is 14.3. The quantitative estimate of drug-likeness (QED) is 0.825. The number of aliphatic hydroxyl groups excluding tert-OH is 1. The number of carbonyl (C=O) groups is 1. The van der Waals surface area contributed by atoms with Gasteiger partial charge in [-0.2, -0.15) is 0 Å². The Morgan fingerprint density at radius 3 is 2.44 bits per heavy atom. The summed E-state index contributed by atoms with van der Waals surface area (Å²) in [4.78, 5) is 15.6. The minimum absolute atomic E-state index is 0.106. The van der Waals surface area contributed by atoms with Crippen molar-refractivity contribution in [2.75, 3.05) is 45.9 Å². The van der Waals surface area contributed by atoms with Crippen LogP contribution in [-0.2, 0) is 10.2 Å². The van der Waals surface area contributed by atoms with Crippen molar-refractivity contribution in [1.29, 1.82) is 0 Å². The predicted octanol–water partition coefficient (Wildman–Crippen LogP) is 2.81. The largest absolute Gasteiger partial charge is 0.491 e. The highest BCUT2D eigenvalue weighted by molar-refractivity contribution is 5.67. The Hall–Kier alpha value is -1.79. The summed E-state index contributed by atoms with van der Waals surface area (Å²) in [6.07, 6.45) is -0.823. The highest BCUT2D eigenvalue weighted by Crippen LogP contribution is 2.27. The van der Waals surface area contributed by atoms with E-state index in [0.717, 1.165) is 24.4 Å². The van der Waals surface area contributed by atoms with E-state index in [1.165, 1.54) is 5.56 Å². The number of aliphatic hydroxyl groups is 1. The smallest absolute Gasteiger partial charge is 0.409 e. The van der Waals surface area contributed by atoms with Gasteiger partial charge in [0.15, 0.2) is 0 Å². The second-order valence-electron chi connectivity index (χ2n) is 8.18. The van der Waals surface area contributed by atoms with Crippen molar-refractivity contribution in [2.45, 2.75) is 46.1 Å². The second kappa shape index (κ2) is 9.42. The molecule has 152 valence electrons. The lowest BCUT2D eigenvalue weighted by Crippen LogP contribution is -2.51. The molecule has 1 N–H and O–H groups in total. The predicted molar refractivity (Wildman–Crippen MR) is 106 cm³/mol. The number of β-amino-alcohol motifs (C(OH)–C–C–N with tert-alkyl or cyclic N) is 1. The molecular weight excluding hydrogens is 344 g/mol. The van der Waals surface area contributed by atoms with E-state index in [2.05, 4.69) is 37.8 Å². The van der Waals surface area contributed by atoms with Crippen LogP contribution in [-0.4, -0.2) is 73.0 Å². The summed E-state index contributed by atoms with van der Waals surface area (Å²) in [7, 11) is 0. The van der Waals surface area contributed by atoms with Crippen molar-refractivity contribution in [3.05, 3.63) is 29.3 Å². The Morgan fingerprint density at radius 1 is 1.22 bits per heavy atom. The van der Waals surface area contributed by atoms with Gasteiger partial charge in [0, 0.05) is 32.7 Å². The maximum atomic E-state index is 11.7. The van der Waals surface area contributed by atoms with Gasteiger partial charge in [0.2, 0.25) is 0 Å². The first-order valence-corrected chi connectivity index (χ1v) is 9.76. The standard InChI is InChI=1S/C21H34N2O4/c1-6-26-20(25)23-11-9-22(10-12-23)14-18(24)15-27-19-8-7-17(13-16(19)2)21(3,4)5/h7-8,13,18,24H,6,9-12,14-15H2,1-5H3/t18-/m0/s1. The molecule has 0 radical (unpaired) electrons. The third kappa shape index (κ3) is 6.40. The topological polar surface area (TPSA) is 62.2 Å². The zero-order valence-corrected chi connectivity index (χ0v) is 17.3. The molecule has 6 heteroatoms. The van der Waals surface area contributed by atoms with E-state index in [1.54, 1.807) is 4.90 Å². The second-order valence-corrected chi connectivity index (χ2v) is 8.18. The Bertz CT molecular complexity index is 619. The van der Waals surface area contributed by atoms with Crippen LogP contribution in [0.25, 0.3) is 0 Å². The zero-order valence-electron chi connectivity index (χ0n) is 17.3. The molecule has 0 bridgehead atoms. The molecule has 2 rings (SSSR count). The Labute approximate surface area is 163 Å². The van der Waals surface area contributed by atoms with E-state index in [-0.39, 0.29) is 18.1 Å². The minimum Gasteiger partial charge on any atom is -0.491 e. The number of piperazine rings is 1. The van der Waals surface area contributed by atoms with Gasteiger partial charge < -0.3 is 19.5 Å². The SMILES string of the molecule is CCOC(=O)N1CCN(C[C@H](O)COc2ccc(C(C)(C)C)cc2C)CC1. The van der Waals surface area contributed by atoms with E-state index in [9.17, 15) is 9.90 Å². The van der Waals surface area contributed by atoms with Gasteiger partial charge in [-0.3, -0.25) is 4.90 Å². The molecule has 0 saturated carbocycles. The number of benzene rings is 1. The number of hydrogen-bond acceptors (Lipinski definition) is 5. The molecule has 1 fully saturated rings. The van der Waals surface area contributed by atoms with Crippen molar-refractivity contribution >= 4 is 6.09 Å². The van der Waals surface area contributed by atoms with Crippen molar-refractivity contribution in [1.82, 2.24) is 9.80 Å². The Morgan fingerprint density at radius 2 is 1.89 bits per heavy atom. The van der Waals surface area contributed by atoms with Gasteiger partial charge in [-0.15, -0.1) is 0 Å². The van der Waals surface area contributed by atoms with Crippen LogP contribution in [0.2, 0.25) is 0 Å². The average molecular weight is 379 g/mol. The molecule has 1 amide bonds. The van der Waals surface area contributed by atoms with Crippen molar-refractivity contribution in [3.8, 4) is 5.75 Å². The fourth-order valence-electron chi connectivity index (χ4n) is 3.14. The van der Waals surface area contributed by atoms with Gasteiger partial charge in [-0.25, -0.2) is 4.79 Å². The summed E-state index contributed by atoms with van der Waals surface area (Å²) >= 11 is 0. The monoisotopic (exact) mass is 378 g/mol. The molecule has 1 heterocycles. The maximum Gasteiger partial charge on any atom is 0.409 e. The summed E-state index contributed by atoms with van der Waals surface area (Å²) in [6, 6.07) is 6.22. The van der Waals surface area contributed by atoms with Gasteiger partial charge in [0.25, 0.3) is 0 Å². The third-order valence-corrected chi connectivity index (χ3v) is 4.84. The summed E-state index contributed by atoms with van der Waals surface area (Å²) < 4.78 is 10.9. The van der Waals surface area contributed by atoms with Crippen LogP contribution in [0.5, 0.6) is 5.75 Å². The molecule has 1 saturated heterocycles. The first-order chi connectivity index (χ1) is 12.7. The number of carbonyl (C=O) groups excluding carboxylic acids is 1. The van der Waals surface area contributed by atoms with Crippen LogP contribution < -0.4 is 4.74 Å². The molecule has 1 atom stereocenters. The van der Waals surface area contributed by atoms with Crippen LogP contribution in [0.15, 0.2) is 18.2 Å². The number of nitrogens with zero attached hydrogens (tertiary/aromatic N) is 2. The molecule has 1 aliphatic heterocycles. The lowest BCUT2D eigenvalue weighted by atomic mass is 9.86. The van der Waals surface area contributed by atoms with E-state index < -0.39 is 6.10 Å². The number of hydrogen-bond donors (Lipinski definition) is 1. The fraction of sp³-hybridized carbons (Fsp3) is 0.667. The number of rotatable bonds is 6. The van der Waals surface area contributed by atoms with Gasteiger partial charge in [0.1, 0.15) is 18.5 Å². The molecule has 0 aromatic heterocycles. The van der Waals surface area contributed by atoms with Crippen LogP contribution in [0, 0.1) is 6.92 Å². The Kier molecular flexibility index (Phi) is 7.50. The van der Waals surface area contributed by atoms with Crippen LogP contribution in [0.4, 0.5) is 4.79 Å². The first kappa shape index (κ1) is 21.5. The molecule has 1 aromatic carbocycles. The summed E-state index contributed by atoms with van der Waals surface area (Å²) in [5.74, 6) is 0.814. The molecule has 6 nitrogen and oxygen atoms in total. The Balaban J connectivity index is 1.77. The van der Waals surface area contributed by atoms with Crippen LogP contribution in [0.3, 0.4) is 0 Å². The summed E-state index contributed by atoms with van der Waals surface area (Å²) in [5.41, 5.74) is 2.46. The van der Waals surface area contributed by atoms with Gasteiger partial charge >= 0.3 is 6.09 Å². The molecule has 0 aliphatic carbocycles. The van der Waals surface area contributed by atoms with Gasteiger partial charge in [0.05, 0.1) is 6.61 Å². The molecule has 1 aliphatic rings. The minimum atomic E-state index is -0.569. The highest BCUT2D eigenvalue weighted by atomic mass is 16.6. The normalized spacial score (nSPS) is 16.9. The third-order valence-electron chi connectivity index (χ3n) is 4.84. The van der Waals surface area contributed by atoms with Crippen molar-refractivity contribution < 1.29 is 19.4 Å². The lowest BCUT2D eigenvalue weighted by Gasteiger charge is -2.34. The van der Waals surface area contributed by atoms with Crippen molar-refractivity contribution in [2.24, 2.45) is 0 Å². The van der Waals surface area contributed by atoms with Gasteiger partial charge in [-0.05, 0) is 36.5 Å². The van der Waals surface area contributed by atoms with E-state index >= 15 is 0 Å². The summed E-state index contributed by atoms with van der Waals surface area (Å²) in [5, 5.41) is 10.3. The molecular formula is C21H34N2O4. The molecule has 27 heavy (non-hydrogen) atoms. The number of amides is 1.